The maximum atomic E-state index is 11.1. The average molecular weight is 269 g/mol. The summed E-state index contributed by atoms with van der Waals surface area (Å²) in [5.74, 6) is 0.347. The standard InChI is InChI=1S/C13H19NO5/c1-5-11(15)9-6-10(14(16)17)13(19-8(2)3)12(7-9)18-4/h6-8,11,15H,5H2,1-4H3. The predicted octanol–water partition coefficient (Wildman–Crippen LogP) is 2.83. The van der Waals surface area contributed by atoms with E-state index < -0.39 is 11.0 Å². The Morgan fingerprint density at radius 2 is 2.05 bits per heavy atom. The van der Waals surface area contributed by atoms with E-state index in [-0.39, 0.29) is 23.3 Å². The van der Waals surface area contributed by atoms with Gasteiger partial charge in [0, 0.05) is 6.07 Å². The molecular weight excluding hydrogens is 250 g/mol. The lowest BCUT2D eigenvalue weighted by Gasteiger charge is -2.16. The summed E-state index contributed by atoms with van der Waals surface area (Å²) in [6.07, 6.45) is -0.514. The summed E-state index contributed by atoms with van der Waals surface area (Å²) < 4.78 is 10.6. The molecule has 0 radical (unpaired) electrons. The molecule has 0 spiro atoms. The van der Waals surface area contributed by atoms with Gasteiger partial charge in [-0.15, -0.1) is 0 Å². The van der Waals surface area contributed by atoms with E-state index in [1.54, 1.807) is 26.8 Å². The Hall–Kier alpha value is -1.82. The molecule has 6 nitrogen and oxygen atoms in total. The minimum absolute atomic E-state index is 0.0922. The lowest BCUT2D eigenvalue weighted by atomic mass is 10.1. The second-order valence-corrected chi connectivity index (χ2v) is 4.42. The van der Waals surface area contributed by atoms with Crippen LogP contribution in [0.15, 0.2) is 12.1 Å². The monoisotopic (exact) mass is 269 g/mol. The van der Waals surface area contributed by atoms with Crippen molar-refractivity contribution < 1.29 is 19.5 Å². The fraction of sp³-hybridized carbons (Fsp3) is 0.538. The van der Waals surface area contributed by atoms with E-state index in [1.807, 2.05) is 0 Å². The van der Waals surface area contributed by atoms with Gasteiger partial charge >= 0.3 is 5.69 Å². The van der Waals surface area contributed by atoms with Crippen molar-refractivity contribution in [1.29, 1.82) is 0 Å². The van der Waals surface area contributed by atoms with Crippen molar-refractivity contribution in [2.75, 3.05) is 7.11 Å². The molecule has 1 unspecified atom stereocenters. The number of ether oxygens (including phenoxy) is 2. The van der Waals surface area contributed by atoms with E-state index in [4.69, 9.17) is 9.47 Å². The van der Waals surface area contributed by atoms with Gasteiger partial charge in [0.1, 0.15) is 0 Å². The van der Waals surface area contributed by atoms with Gasteiger partial charge in [-0.1, -0.05) is 6.92 Å². The zero-order chi connectivity index (χ0) is 14.6. The number of benzene rings is 1. The Kier molecular flexibility index (Phi) is 5.11. The van der Waals surface area contributed by atoms with Crippen LogP contribution in [0.2, 0.25) is 0 Å². The zero-order valence-corrected chi connectivity index (χ0v) is 11.5. The van der Waals surface area contributed by atoms with Crippen molar-refractivity contribution in [3.63, 3.8) is 0 Å². The van der Waals surface area contributed by atoms with Crippen molar-refractivity contribution in [2.45, 2.75) is 39.4 Å². The molecule has 1 N–H and O–H groups in total. The smallest absolute Gasteiger partial charge is 0.315 e. The first-order valence-electron chi connectivity index (χ1n) is 6.11. The van der Waals surface area contributed by atoms with E-state index >= 15 is 0 Å². The first kappa shape index (κ1) is 15.2. The first-order valence-corrected chi connectivity index (χ1v) is 6.11. The number of aliphatic hydroxyl groups is 1. The third-order valence-electron chi connectivity index (χ3n) is 2.60. The lowest BCUT2D eigenvalue weighted by molar-refractivity contribution is -0.386. The Bertz CT molecular complexity index is 459. The van der Waals surface area contributed by atoms with Crippen LogP contribution in [0.5, 0.6) is 11.5 Å². The van der Waals surface area contributed by atoms with Crippen LogP contribution in [0.3, 0.4) is 0 Å². The molecule has 19 heavy (non-hydrogen) atoms. The van der Waals surface area contributed by atoms with E-state index in [2.05, 4.69) is 0 Å². The molecule has 106 valence electrons. The van der Waals surface area contributed by atoms with E-state index in [0.29, 0.717) is 12.0 Å². The van der Waals surface area contributed by atoms with Gasteiger partial charge < -0.3 is 14.6 Å². The van der Waals surface area contributed by atoms with Crippen LogP contribution in [0.25, 0.3) is 0 Å². The summed E-state index contributed by atoms with van der Waals surface area (Å²) in [6.45, 7) is 5.34. The summed E-state index contributed by atoms with van der Waals surface area (Å²) in [5.41, 5.74) is 0.248. The number of nitro benzene ring substituents is 1. The molecular formula is C13H19NO5. The van der Waals surface area contributed by atoms with Gasteiger partial charge in [-0.2, -0.15) is 0 Å². The van der Waals surface area contributed by atoms with E-state index in [9.17, 15) is 15.2 Å². The fourth-order valence-electron chi connectivity index (χ4n) is 1.68. The molecule has 0 saturated carbocycles. The minimum Gasteiger partial charge on any atom is -0.493 e. The molecule has 0 saturated heterocycles. The van der Waals surface area contributed by atoms with Crippen molar-refractivity contribution in [3.05, 3.63) is 27.8 Å². The molecule has 0 aromatic heterocycles. The van der Waals surface area contributed by atoms with Gasteiger partial charge in [0.15, 0.2) is 5.75 Å². The second kappa shape index (κ2) is 6.38. The van der Waals surface area contributed by atoms with Crippen LogP contribution < -0.4 is 9.47 Å². The fourth-order valence-corrected chi connectivity index (χ4v) is 1.68. The summed E-state index contributed by atoms with van der Waals surface area (Å²) in [4.78, 5) is 10.6. The summed E-state index contributed by atoms with van der Waals surface area (Å²) in [6, 6.07) is 2.90. The molecule has 1 rings (SSSR count). The van der Waals surface area contributed by atoms with Crippen molar-refractivity contribution in [3.8, 4) is 11.5 Å². The average Bonchev–Trinajstić information content (AvgIpc) is 2.36. The SMILES string of the molecule is CCC(O)c1cc(OC)c(OC(C)C)c([N+](=O)[O-])c1. The molecule has 0 heterocycles. The van der Waals surface area contributed by atoms with Crippen molar-refractivity contribution in [2.24, 2.45) is 0 Å². The second-order valence-electron chi connectivity index (χ2n) is 4.42. The number of hydrogen-bond acceptors (Lipinski definition) is 5. The number of hydrogen-bond donors (Lipinski definition) is 1. The highest BCUT2D eigenvalue weighted by Crippen LogP contribution is 2.40. The van der Waals surface area contributed by atoms with Crippen molar-refractivity contribution >= 4 is 5.69 Å². The van der Waals surface area contributed by atoms with Gasteiger partial charge in [-0.25, -0.2) is 0 Å². The Morgan fingerprint density at radius 3 is 2.47 bits per heavy atom. The summed E-state index contributed by atoms with van der Waals surface area (Å²) in [7, 11) is 1.41. The third-order valence-corrected chi connectivity index (χ3v) is 2.60. The Labute approximate surface area is 112 Å². The first-order chi connectivity index (χ1) is 8.90. The summed E-state index contributed by atoms with van der Waals surface area (Å²) >= 11 is 0. The molecule has 1 atom stereocenters. The van der Waals surface area contributed by atoms with E-state index in [1.165, 1.54) is 13.2 Å². The molecule has 0 bridgehead atoms. The number of rotatable bonds is 6. The molecule has 1 aromatic rings. The van der Waals surface area contributed by atoms with Gasteiger partial charge in [0.2, 0.25) is 5.75 Å². The van der Waals surface area contributed by atoms with Gasteiger partial charge in [0.25, 0.3) is 0 Å². The Morgan fingerprint density at radius 1 is 1.42 bits per heavy atom. The van der Waals surface area contributed by atoms with Crippen LogP contribution >= 0.6 is 0 Å². The maximum Gasteiger partial charge on any atom is 0.315 e. The number of nitrogens with zero attached hydrogens (tertiary/aromatic N) is 1. The number of aliphatic hydroxyl groups excluding tert-OH is 1. The van der Waals surface area contributed by atoms with Gasteiger partial charge in [0.05, 0.1) is 24.2 Å². The molecule has 0 aliphatic carbocycles. The minimum atomic E-state index is -0.763. The van der Waals surface area contributed by atoms with Crippen LogP contribution in [0.4, 0.5) is 5.69 Å². The largest absolute Gasteiger partial charge is 0.493 e. The van der Waals surface area contributed by atoms with Gasteiger partial charge in [-0.05, 0) is 31.9 Å². The molecule has 0 aliphatic rings. The molecule has 1 aromatic carbocycles. The molecule has 0 amide bonds. The molecule has 0 fully saturated rings. The maximum absolute atomic E-state index is 11.1. The van der Waals surface area contributed by atoms with Crippen LogP contribution in [-0.2, 0) is 0 Å². The lowest BCUT2D eigenvalue weighted by Crippen LogP contribution is -2.10. The van der Waals surface area contributed by atoms with Crippen molar-refractivity contribution in [1.82, 2.24) is 0 Å². The number of methoxy groups -OCH3 is 1. The predicted molar refractivity (Wildman–Crippen MR) is 70.7 cm³/mol. The highest BCUT2D eigenvalue weighted by molar-refractivity contribution is 5.58. The van der Waals surface area contributed by atoms with Gasteiger partial charge in [-0.3, -0.25) is 10.1 Å². The highest BCUT2D eigenvalue weighted by atomic mass is 16.6. The van der Waals surface area contributed by atoms with E-state index in [0.717, 1.165) is 0 Å². The third kappa shape index (κ3) is 3.57. The highest BCUT2D eigenvalue weighted by Gasteiger charge is 2.24. The zero-order valence-electron chi connectivity index (χ0n) is 11.5. The van der Waals surface area contributed by atoms with Crippen LogP contribution in [0.1, 0.15) is 38.9 Å². The Balaban J connectivity index is 3.39. The summed E-state index contributed by atoms with van der Waals surface area (Å²) in [5, 5.41) is 20.9. The molecule has 0 aliphatic heterocycles. The topological polar surface area (TPSA) is 81.8 Å². The molecule has 6 heteroatoms. The van der Waals surface area contributed by atoms with Crippen LogP contribution in [0, 0.1) is 10.1 Å². The van der Waals surface area contributed by atoms with Crippen LogP contribution in [-0.4, -0.2) is 23.2 Å². The normalized spacial score (nSPS) is 12.3. The quantitative estimate of drug-likeness (QED) is 0.634. The number of nitro groups is 1.